The molecule has 3 N–H and O–H groups in total. The molecule has 4 heteroatoms. The fourth-order valence-electron chi connectivity index (χ4n) is 2.34. The lowest BCUT2D eigenvalue weighted by atomic mass is 10.1. The smallest absolute Gasteiger partial charge is 0.129 e. The maximum atomic E-state index is 5.79. The van der Waals surface area contributed by atoms with E-state index in [1.807, 2.05) is 12.1 Å². The predicted octanol–water partition coefficient (Wildman–Crippen LogP) is 2.16. The fraction of sp³-hybridized carbons (Fsp3) is 0.231. The van der Waals surface area contributed by atoms with Crippen molar-refractivity contribution >= 4 is 11.5 Å². The number of aromatic nitrogens is 2. The van der Waals surface area contributed by atoms with E-state index in [0.717, 1.165) is 24.3 Å². The van der Waals surface area contributed by atoms with Crippen LogP contribution in [0.3, 0.4) is 0 Å². The quantitative estimate of drug-likeness (QED) is 0.770. The molecule has 0 spiro atoms. The second kappa shape index (κ2) is 4.05. The molecule has 0 saturated heterocycles. The van der Waals surface area contributed by atoms with Crippen molar-refractivity contribution in [2.75, 3.05) is 11.1 Å². The molecule has 3 rings (SSSR count). The number of aryl methyl sites for hydroxylation is 1. The van der Waals surface area contributed by atoms with Crippen LogP contribution < -0.4 is 11.1 Å². The number of rotatable bonds is 2. The number of hydrogen-bond acceptors (Lipinski definition) is 4. The Hall–Kier alpha value is -2.10. The van der Waals surface area contributed by atoms with Crippen molar-refractivity contribution in [1.82, 2.24) is 9.97 Å². The van der Waals surface area contributed by atoms with Gasteiger partial charge in [0.1, 0.15) is 12.1 Å². The topological polar surface area (TPSA) is 63.8 Å². The van der Waals surface area contributed by atoms with Gasteiger partial charge in [0.05, 0.1) is 6.04 Å². The van der Waals surface area contributed by atoms with Crippen LogP contribution in [0, 0.1) is 0 Å². The van der Waals surface area contributed by atoms with Crippen LogP contribution in [0.25, 0.3) is 0 Å². The molecular weight excluding hydrogens is 212 g/mol. The van der Waals surface area contributed by atoms with Gasteiger partial charge in [-0.3, -0.25) is 0 Å². The minimum Gasteiger partial charge on any atom is -0.399 e. The van der Waals surface area contributed by atoms with Gasteiger partial charge in [-0.05, 0) is 42.2 Å². The molecule has 0 fully saturated rings. The van der Waals surface area contributed by atoms with E-state index in [4.69, 9.17) is 5.73 Å². The Morgan fingerprint density at radius 3 is 3.06 bits per heavy atom. The summed E-state index contributed by atoms with van der Waals surface area (Å²) >= 11 is 0. The first-order valence-corrected chi connectivity index (χ1v) is 5.74. The van der Waals surface area contributed by atoms with Gasteiger partial charge in [-0.1, -0.05) is 6.07 Å². The molecule has 1 aromatic heterocycles. The number of anilines is 2. The Bertz CT molecular complexity index is 524. The summed E-state index contributed by atoms with van der Waals surface area (Å²) in [6.07, 6.45) is 5.46. The van der Waals surface area contributed by atoms with Gasteiger partial charge in [0.2, 0.25) is 0 Å². The number of nitrogens with one attached hydrogen (secondary N) is 1. The zero-order chi connectivity index (χ0) is 11.7. The van der Waals surface area contributed by atoms with Crippen molar-refractivity contribution < 1.29 is 0 Å². The zero-order valence-electron chi connectivity index (χ0n) is 9.43. The van der Waals surface area contributed by atoms with Crippen LogP contribution in [0.4, 0.5) is 11.5 Å². The summed E-state index contributed by atoms with van der Waals surface area (Å²) in [4.78, 5) is 8.09. The average Bonchev–Trinajstić information content (AvgIpc) is 2.73. The van der Waals surface area contributed by atoms with Crippen molar-refractivity contribution in [3.63, 3.8) is 0 Å². The van der Waals surface area contributed by atoms with Crippen LogP contribution in [0.2, 0.25) is 0 Å². The second-order valence-corrected chi connectivity index (χ2v) is 4.29. The van der Waals surface area contributed by atoms with Crippen LogP contribution in [-0.2, 0) is 6.42 Å². The maximum absolute atomic E-state index is 5.79. The van der Waals surface area contributed by atoms with Crippen molar-refractivity contribution in [2.45, 2.75) is 18.9 Å². The van der Waals surface area contributed by atoms with Crippen molar-refractivity contribution in [3.05, 3.63) is 47.9 Å². The fourth-order valence-corrected chi connectivity index (χ4v) is 2.34. The van der Waals surface area contributed by atoms with E-state index >= 15 is 0 Å². The lowest BCUT2D eigenvalue weighted by molar-refractivity contribution is 0.756. The summed E-state index contributed by atoms with van der Waals surface area (Å²) in [5, 5.41) is 3.42. The van der Waals surface area contributed by atoms with E-state index in [1.165, 1.54) is 11.1 Å². The molecule has 1 atom stereocenters. The van der Waals surface area contributed by atoms with E-state index in [9.17, 15) is 0 Å². The molecule has 17 heavy (non-hydrogen) atoms. The highest BCUT2D eigenvalue weighted by molar-refractivity contribution is 5.50. The van der Waals surface area contributed by atoms with Gasteiger partial charge in [0.15, 0.2) is 0 Å². The summed E-state index contributed by atoms with van der Waals surface area (Å²) in [6.45, 7) is 0. The average molecular weight is 226 g/mol. The van der Waals surface area contributed by atoms with E-state index in [-0.39, 0.29) is 0 Å². The number of nitrogens with two attached hydrogens (primary N) is 1. The van der Waals surface area contributed by atoms with Gasteiger partial charge in [-0.2, -0.15) is 0 Å². The van der Waals surface area contributed by atoms with Crippen LogP contribution in [-0.4, -0.2) is 9.97 Å². The zero-order valence-corrected chi connectivity index (χ0v) is 9.43. The van der Waals surface area contributed by atoms with Crippen molar-refractivity contribution in [3.8, 4) is 0 Å². The van der Waals surface area contributed by atoms with E-state index in [0.29, 0.717) is 6.04 Å². The molecule has 0 amide bonds. The predicted molar refractivity (Wildman–Crippen MR) is 67.6 cm³/mol. The normalized spacial score (nSPS) is 17.8. The highest BCUT2D eigenvalue weighted by Gasteiger charge is 2.22. The number of nitrogens with zero attached hydrogens (tertiary/aromatic N) is 2. The monoisotopic (exact) mass is 226 g/mol. The van der Waals surface area contributed by atoms with Gasteiger partial charge in [-0.15, -0.1) is 0 Å². The molecule has 1 aliphatic carbocycles. The number of hydrogen-bond donors (Lipinski definition) is 2. The Balaban J connectivity index is 1.85. The minimum absolute atomic E-state index is 0.334. The third-order valence-corrected chi connectivity index (χ3v) is 3.15. The van der Waals surface area contributed by atoms with Crippen LogP contribution in [0.5, 0.6) is 0 Å². The summed E-state index contributed by atoms with van der Waals surface area (Å²) in [6, 6.07) is 8.35. The molecule has 0 saturated carbocycles. The Kier molecular flexibility index (Phi) is 2.40. The van der Waals surface area contributed by atoms with Crippen molar-refractivity contribution in [2.24, 2.45) is 0 Å². The van der Waals surface area contributed by atoms with E-state index in [1.54, 1.807) is 12.5 Å². The molecule has 1 unspecified atom stereocenters. The highest BCUT2D eigenvalue weighted by atomic mass is 15.0. The number of nitrogen functional groups attached to an aromatic ring is 1. The molecule has 1 heterocycles. The molecule has 0 aliphatic heterocycles. The SMILES string of the molecule is Nc1ccc2c(c1)CCC2Nc1ccncn1. The van der Waals surface area contributed by atoms with Crippen LogP contribution in [0.1, 0.15) is 23.6 Å². The summed E-state index contributed by atoms with van der Waals surface area (Å²) < 4.78 is 0. The highest BCUT2D eigenvalue weighted by Crippen LogP contribution is 2.34. The van der Waals surface area contributed by atoms with Gasteiger partial charge in [0, 0.05) is 11.9 Å². The first-order chi connectivity index (χ1) is 8.33. The molecule has 2 aromatic rings. The third-order valence-electron chi connectivity index (χ3n) is 3.15. The maximum Gasteiger partial charge on any atom is 0.129 e. The van der Waals surface area contributed by atoms with Crippen molar-refractivity contribution in [1.29, 1.82) is 0 Å². The second-order valence-electron chi connectivity index (χ2n) is 4.29. The third kappa shape index (κ3) is 1.93. The van der Waals surface area contributed by atoms with Crippen LogP contribution >= 0.6 is 0 Å². The Labute approximate surface area is 99.9 Å². The molecule has 0 bridgehead atoms. The molecule has 4 nitrogen and oxygen atoms in total. The number of fused-ring (bicyclic) bond motifs is 1. The standard InChI is InChI=1S/C13H14N4/c14-10-2-3-11-9(7-10)1-4-12(11)17-13-5-6-15-8-16-13/h2-3,5-8,12H,1,4,14H2,(H,15,16,17). The largest absolute Gasteiger partial charge is 0.399 e. The Morgan fingerprint density at radius 2 is 2.24 bits per heavy atom. The lowest BCUT2D eigenvalue weighted by Crippen LogP contribution is -2.08. The molecule has 0 radical (unpaired) electrons. The molecule has 1 aromatic carbocycles. The lowest BCUT2D eigenvalue weighted by Gasteiger charge is -2.14. The molecular formula is C13H14N4. The molecule has 86 valence electrons. The first kappa shape index (κ1) is 10.1. The number of benzene rings is 1. The van der Waals surface area contributed by atoms with Gasteiger partial charge < -0.3 is 11.1 Å². The summed E-state index contributed by atoms with van der Waals surface area (Å²) in [7, 11) is 0. The van der Waals surface area contributed by atoms with Gasteiger partial charge >= 0.3 is 0 Å². The first-order valence-electron chi connectivity index (χ1n) is 5.74. The Morgan fingerprint density at radius 1 is 1.29 bits per heavy atom. The van der Waals surface area contributed by atoms with Crippen LogP contribution in [0.15, 0.2) is 36.8 Å². The minimum atomic E-state index is 0.334. The summed E-state index contributed by atoms with van der Waals surface area (Å²) in [5.74, 6) is 0.870. The van der Waals surface area contributed by atoms with E-state index < -0.39 is 0 Å². The van der Waals surface area contributed by atoms with E-state index in [2.05, 4.69) is 27.4 Å². The summed E-state index contributed by atoms with van der Waals surface area (Å²) in [5.41, 5.74) is 9.30. The van der Waals surface area contributed by atoms with Gasteiger partial charge in [0.25, 0.3) is 0 Å². The van der Waals surface area contributed by atoms with Gasteiger partial charge in [-0.25, -0.2) is 9.97 Å². The molecule has 1 aliphatic rings.